The molecule has 3 rings (SSSR count). The van der Waals surface area contributed by atoms with E-state index in [1.165, 1.54) is 29.9 Å². The van der Waals surface area contributed by atoms with Crippen LogP contribution in [0, 0.1) is 18.8 Å². The molecular weight excluding hydrogens is 420 g/mol. The molecule has 164 valence electrons. The average Bonchev–Trinajstić information content (AvgIpc) is 3.07. The normalized spacial score (nSPS) is 20.3. The third-order valence-corrected chi connectivity index (χ3v) is 7.55. The first kappa shape index (κ1) is 22.9. The summed E-state index contributed by atoms with van der Waals surface area (Å²) in [6, 6.07) is 4.56. The highest BCUT2D eigenvalue weighted by Gasteiger charge is 2.23. The molecule has 0 radical (unpaired) electrons. The van der Waals surface area contributed by atoms with Crippen molar-refractivity contribution in [3.8, 4) is 0 Å². The van der Waals surface area contributed by atoms with E-state index in [1.54, 1.807) is 19.9 Å². The minimum absolute atomic E-state index is 0.0771. The van der Waals surface area contributed by atoms with E-state index in [4.69, 9.17) is 0 Å². The lowest BCUT2D eigenvalue weighted by Gasteiger charge is -2.34. The smallest absolute Gasteiger partial charge is 0.257 e. The molecule has 1 aromatic carbocycles. The van der Waals surface area contributed by atoms with E-state index >= 15 is 0 Å². The Labute approximate surface area is 183 Å². The molecule has 0 saturated carbocycles. The van der Waals surface area contributed by atoms with Crippen LogP contribution in [0.5, 0.6) is 0 Å². The molecular formula is C21H30N4O3S2. The van der Waals surface area contributed by atoms with Crippen LogP contribution >= 0.6 is 11.3 Å². The van der Waals surface area contributed by atoms with E-state index in [0.29, 0.717) is 28.1 Å². The van der Waals surface area contributed by atoms with Crippen LogP contribution in [-0.2, 0) is 16.6 Å². The molecule has 1 aromatic heterocycles. The first-order valence-corrected chi connectivity index (χ1v) is 12.6. The number of aromatic nitrogens is 1. The van der Waals surface area contributed by atoms with Crippen molar-refractivity contribution in [2.75, 3.05) is 25.0 Å². The Balaban J connectivity index is 1.70. The highest BCUT2D eigenvalue weighted by molar-refractivity contribution is 7.89. The van der Waals surface area contributed by atoms with Crippen molar-refractivity contribution in [3.63, 3.8) is 0 Å². The van der Waals surface area contributed by atoms with Crippen LogP contribution in [0.15, 0.2) is 28.5 Å². The number of carbonyl (C=O) groups excluding carboxylic acids is 1. The van der Waals surface area contributed by atoms with Gasteiger partial charge in [-0.2, -0.15) is 0 Å². The molecule has 1 saturated heterocycles. The van der Waals surface area contributed by atoms with Gasteiger partial charge in [0.05, 0.1) is 10.6 Å². The number of anilines is 1. The summed E-state index contributed by atoms with van der Waals surface area (Å²) in [5.74, 6) is 1.00. The molecule has 2 aromatic rings. The second-order valence-corrected chi connectivity index (χ2v) is 10.8. The number of piperidine rings is 1. The Morgan fingerprint density at radius 2 is 1.97 bits per heavy atom. The van der Waals surface area contributed by atoms with Crippen molar-refractivity contribution in [2.24, 2.45) is 11.8 Å². The molecule has 0 aliphatic carbocycles. The number of hydrogen-bond donors (Lipinski definition) is 2. The SMILES string of the molecule is CCNS(=O)(=O)c1ccc(C)c(C(=O)Nc2nc(CN3CC(C)CC(C)C3)cs2)c1. The maximum atomic E-state index is 12.8. The Morgan fingerprint density at radius 1 is 1.27 bits per heavy atom. The second-order valence-electron chi connectivity index (χ2n) is 8.22. The number of hydrogen-bond acceptors (Lipinski definition) is 6. The van der Waals surface area contributed by atoms with Crippen LogP contribution < -0.4 is 10.0 Å². The second kappa shape index (κ2) is 9.55. The highest BCUT2D eigenvalue weighted by Crippen LogP contribution is 2.24. The van der Waals surface area contributed by atoms with Crippen LogP contribution in [0.4, 0.5) is 5.13 Å². The standard InChI is InChI=1S/C21H30N4O3S2/c1-5-22-30(27,28)18-7-6-16(4)19(9-18)20(26)24-21-23-17(13-29-21)12-25-10-14(2)8-15(3)11-25/h6-7,9,13-15,22H,5,8,10-12H2,1-4H3,(H,23,24,26). The number of amides is 1. The molecule has 7 nitrogen and oxygen atoms in total. The zero-order chi connectivity index (χ0) is 21.9. The maximum absolute atomic E-state index is 12.8. The van der Waals surface area contributed by atoms with E-state index in [-0.39, 0.29) is 17.3 Å². The molecule has 1 aliphatic heterocycles. The van der Waals surface area contributed by atoms with Crippen LogP contribution in [0.25, 0.3) is 0 Å². The quantitative estimate of drug-likeness (QED) is 0.674. The van der Waals surface area contributed by atoms with Gasteiger partial charge in [-0.15, -0.1) is 11.3 Å². The van der Waals surface area contributed by atoms with E-state index < -0.39 is 10.0 Å². The van der Waals surface area contributed by atoms with Gasteiger partial charge in [-0.3, -0.25) is 15.0 Å². The Bertz CT molecular complexity index is 993. The fraction of sp³-hybridized carbons (Fsp3) is 0.524. The van der Waals surface area contributed by atoms with Gasteiger partial charge in [0.1, 0.15) is 0 Å². The lowest BCUT2D eigenvalue weighted by Crippen LogP contribution is -2.38. The summed E-state index contributed by atoms with van der Waals surface area (Å²) in [5.41, 5.74) is 1.97. The Kier molecular flexibility index (Phi) is 7.28. The van der Waals surface area contributed by atoms with Gasteiger partial charge in [-0.05, 0) is 42.9 Å². The third kappa shape index (κ3) is 5.66. The Morgan fingerprint density at radius 3 is 2.63 bits per heavy atom. The van der Waals surface area contributed by atoms with Crippen molar-refractivity contribution in [1.82, 2.24) is 14.6 Å². The lowest BCUT2D eigenvalue weighted by molar-refractivity contribution is 0.102. The van der Waals surface area contributed by atoms with Gasteiger partial charge in [0.2, 0.25) is 10.0 Å². The van der Waals surface area contributed by atoms with E-state index in [0.717, 1.165) is 25.3 Å². The van der Waals surface area contributed by atoms with Crippen molar-refractivity contribution in [2.45, 2.75) is 45.6 Å². The predicted octanol–water partition coefficient (Wildman–Crippen LogP) is 3.48. The maximum Gasteiger partial charge on any atom is 0.257 e. The van der Waals surface area contributed by atoms with E-state index in [2.05, 4.69) is 33.8 Å². The molecule has 0 spiro atoms. The van der Waals surface area contributed by atoms with Crippen molar-refractivity contribution in [3.05, 3.63) is 40.4 Å². The monoisotopic (exact) mass is 450 g/mol. The summed E-state index contributed by atoms with van der Waals surface area (Å²) in [4.78, 5) is 19.8. The summed E-state index contributed by atoms with van der Waals surface area (Å²) < 4.78 is 27.0. The van der Waals surface area contributed by atoms with Crippen LogP contribution in [0.1, 0.15) is 48.8 Å². The lowest BCUT2D eigenvalue weighted by atomic mass is 9.92. The summed E-state index contributed by atoms with van der Waals surface area (Å²) in [5, 5.41) is 5.31. The minimum atomic E-state index is -3.63. The van der Waals surface area contributed by atoms with Gasteiger partial charge >= 0.3 is 0 Å². The predicted molar refractivity (Wildman–Crippen MR) is 120 cm³/mol. The first-order valence-electron chi connectivity index (χ1n) is 10.3. The molecule has 1 aliphatic rings. The molecule has 2 heterocycles. The Hall–Kier alpha value is -1.81. The fourth-order valence-electron chi connectivity index (χ4n) is 4.04. The number of nitrogens with zero attached hydrogens (tertiary/aromatic N) is 2. The largest absolute Gasteiger partial charge is 0.298 e. The molecule has 9 heteroatoms. The number of thiazole rings is 1. The number of benzene rings is 1. The molecule has 2 atom stereocenters. The molecule has 30 heavy (non-hydrogen) atoms. The van der Waals surface area contributed by atoms with Crippen LogP contribution in [0.3, 0.4) is 0 Å². The zero-order valence-electron chi connectivity index (χ0n) is 17.9. The van der Waals surface area contributed by atoms with Gasteiger partial charge in [0.25, 0.3) is 5.91 Å². The van der Waals surface area contributed by atoms with Crippen molar-refractivity contribution >= 4 is 32.4 Å². The topological polar surface area (TPSA) is 91.4 Å². The number of sulfonamides is 1. The number of carbonyl (C=O) groups is 1. The zero-order valence-corrected chi connectivity index (χ0v) is 19.6. The number of aryl methyl sites for hydroxylation is 1. The highest BCUT2D eigenvalue weighted by atomic mass is 32.2. The number of likely N-dealkylation sites (tertiary alicyclic amines) is 1. The van der Waals surface area contributed by atoms with E-state index in [9.17, 15) is 13.2 Å². The van der Waals surface area contributed by atoms with Crippen LogP contribution in [-0.4, -0.2) is 43.8 Å². The molecule has 2 unspecified atom stereocenters. The summed E-state index contributed by atoms with van der Waals surface area (Å²) in [6.45, 7) is 11.2. The summed E-state index contributed by atoms with van der Waals surface area (Å²) >= 11 is 1.39. The molecule has 1 fully saturated rings. The van der Waals surface area contributed by atoms with Crippen molar-refractivity contribution in [1.29, 1.82) is 0 Å². The number of rotatable bonds is 7. The van der Waals surface area contributed by atoms with Gasteiger partial charge in [0, 0.05) is 37.1 Å². The van der Waals surface area contributed by atoms with Gasteiger partial charge < -0.3 is 0 Å². The van der Waals surface area contributed by atoms with Gasteiger partial charge in [0.15, 0.2) is 5.13 Å². The van der Waals surface area contributed by atoms with Crippen molar-refractivity contribution < 1.29 is 13.2 Å². The summed E-state index contributed by atoms with van der Waals surface area (Å²) in [6.07, 6.45) is 1.26. The fourth-order valence-corrected chi connectivity index (χ4v) is 5.80. The first-order chi connectivity index (χ1) is 14.2. The molecule has 2 N–H and O–H groups in total. The number of nitrogens with one attached hydrogen (secondary N) is 2. The van der Waals surface area contributed by atoms with Gasteiger partial charge in [-0.1, -0.05) is 26.8 Å². The minimum Gasteiger partial charge on any atom is -0.298 e. The van der Waals surface area contributed by atoms with Crippen LogP contribution in [0.2, 0.25) is 0 Å². The molecule has 1 amide bonds. The molecule has 0 bridgehead atoms. The third-order valence-electron chi connectivity index (χ3n) is 5.20. The van der Waals surface area contributed by atoms with Gasteiger partial charge in [-0.25, -0.2) is 18.1 Å². The summed E-state index contributed by atoms with van der Waals surface area (Å²) in [7, 11) is -3.63. The van der Waals surface area contributed by atoms with E-state index in [1.807, 2.05) is 5.38 Å². The average molecular weight is 451 g/mol.